The molecule has 0 radical (unpaired) electrons. The summed E-state index contributed by atoms with van der Waals surface area (Å²) in [6.07, 6.45) is 0. The lowest BCUT2D eigenvalue weighted by Gasteiger charge is -2.18. The maximum Gasteiger partial charge on any atom is 0.253 e. The summed E-state index contributed by atoms with van der Waals surface area (Å²) < 4.78 is 0. The van der Waals surface area contributed by atoms with Crippen molar-refractivity contribution in [1.29, 1.82) is 0 Å². The second-order valence-corrected chi connectivity index (χ2v) is 2.44. The highest BCUT2D eigenvalue weighted by Crippen LogP contribution is 2.06. The van der Waals surface area contributed by atoms with E-state index in [1.54, 1.807) is 12.1 Å². The molecule has 5 nitrogen and oxygen atoms in total. The van der Waals surface area contributed by atoms with Crippen LogP contribution < -0.4 is 22.1 Å². The van der Waals surface area contributed by atoms with Gasteiger partial charge in [-0.2, -0.15) is 0 Å². The fraction of sp³-hybridized carbons (Fsp3) is 0.125. The number of hydrazine groups is 2. The van der Waals surface area contributed by atoms with Crippen LogP contribution in [0, 0.1) is 0 Å². The number of carbonyl (C=O) groups is 1. The van der Waals surface area contributed by atoms with Gasteiger partial charge in [0.05, 0.1) is 12.2 Å². The number of para-hydroxylation sites is 1. The van der Waals surface area contributed by atoms with Crippen LogP contribution in [-0.4, -0.2) is 12.5 Å². The van der Waals surface area contributed by atoms with Crippen molar-refractivity contribution >= 4 is 11.6 Å². The Bertz CT molecular complexity index is 275. The molecular weight excluding hydrogens is 168 g/mol. The summed E-state index contributed by atoms with van der Waals surface area (Å²) in [5.41, 5.74) is 8.20. The first-order valence-electron chi connectivity index (χ1n) is 3.83. The van der Waals surface area contributed by atoms with Crippen molar-refractivity contribution < 1.29 is 4.79 Å². The number of nitrogens with two attached hydrogens (primary N) is 2. The van der Waals surface area contributed by atoms with Crippen molar-refractivity contribution in [3.8, 4) is 0 Å². The largest absolute Gasteiger partial charge is 0.322 e. The van der Waals surface area contributed by atoms with Crippen LogP contribution in [0.5, 0.6) is 0 Å². The Morgan fingerprint density at radius 3 is 2.54 bits per heavy atom. The first-order valence-corrected chi connectivity index (χ1v) is 3.83. The number of rotatable bonds is 3. The fourth-order valence-electron chi connectivity index (χ4n) is 0.833. The average Bonchev–Trinajstić information content (AvgIpc) is 2.19. The maximum absolute atomic E-state index is 10.8. The third-order valence-corrected chi connectivity index (χ3v) is 1.46. The molecule has 0 fully saturated rings. The number of hydrogen-bond donors (Lipinski definition) is 3. The fourth-order valence-corrected chi connectivity index (χ4v) is 0.833. The SMILES string of the molecule is NCC(=O)NN(N)c1ccccc1. The molecular formula is C8H12N4O. The molecule has 1 aromatic carbocycles. The zero-order valence-electron chi connectivity index (χ0n) is 7.10. The minimum Gasteiger partial charge on any atom is -0.322 e. The van der Waals surface area contributed by atoms with E-state index in [1.807, 2.05) is 18.2 Å². The Balaban J connectivity index is 2.59. The number of nitrogens with one attached hydrogen (secondary N) is 1. The lowest BCUT2D eigenvalue weighted by molar-refractivity contribution is -0.119. The second-order valence-electron chi connectivity index (χ2n) is 2.44. The summed E-state index contributed by atoms with van der Waals surface area (Å²) in [7, 11) is 0. The number of amides is 1. The molecule has 0 bridgehead atoms. The van der Waals surface area contributed by atoms with Gasteiger partial charge < -0.3 is 5.73 Å². The van der Waals surface area contributed by atoms with E-state index < -0.39 is 0 Å². The zero-order valence-corrected chi connectivity index (χ0v) is 7.10. The highest BCUT2D eigenvalue weighted by molar-refractivity contribution is 5.79. The molecule has 0 aliphatic heterocycles. The Hall–Kier alpha value is -1.59. The van der Waals surface area contributed by atoms with Gasteiger partial charge in [0.15, 0.2) is 0 Å². The van der Waals surface area contributed by atoms with Crippen molar-refractivity contribution in [3.63, 3.8) is 0 Å². The van der Waals surface area contributed by atoms with Crippen molar-refractivity contribution in [2.24, 2.45) is 11.6 Å². The Labute approximate surface area is 76.3 Å². The summed E-state index contributed by atoms with van der Waals surface area (Å²) in [5.74, 6) is 5.19. The van der Waals surface area contributed by atoms with E-state index in [0.29, 0.717) is 5.69 Å². The van der Waals surface area contributed by atoms with Gasteiger partial charge in [0, 0.05) is 0 Å². The third-order valence-electron chi connectivity index (χ3n) is 1.46. The van der Waals surface area contributed by atoms with Gasteiger partial charge in [0.1, 0.15) is 0 Å². The predicted molar refractivity (Wildman–Crippen MR) is 50.3 cm³/mol. The van der Waals surface area contributed by atoms with Crippen molar-refractivity contribution in [3.05, 3.63) is 30.3 Å². The number of anilines is 1. The molecule has 0 unspecified atom stereocenters. The monoisotopic (exact) mass is 180 g/mol. The zero-order chi connectivity index (χ0) is 9.68. The van der Waals surface area contributed by atoms with Crippen LogP contribution in [0.25, 0.3) is 0 Å². The molecule has 0 spiro atoms. The van der Waals surface area contributed by atoms with Gasteiger partial charge in [-0.15, -0.1) is 0 Å². The molecule has 0 aromatic heterocycles. The van der Waals surface area contributed by atoms with E-state index in [-0.39, 0.29) is 12.5 Å². The van der Waals surface area contributed by atoms with E-state index in [0.717, 1.165) is 5.12 Å². The van der Waals surface area contributed by atoms with E-state index >= 15 is 0 Å². The summed E-state index contributed by atoms with van der Waals surface area (Å²) in [6, 6.07) is 9.06. The Kier molecular flexibility index (Phi) is 3.24. The van der Waals surface area contributed by atoms with Gasteiger partial charge >= 0.3 is 0 Å². The van der Waals surface area contributed by atoms with Crippen LogP contribution in [0.3, 0.4) is 0 Å². The number of hydrogen-bond acceptors (Lipinski definition) is 4. The Morgan fingerprint density at radius 2 is 2.00 bits per heavy atom. The average molecular weight is 180 g/mol. The van der Waals surface area contributed by atoms with Crippen molar-refractivity contribution in [2.45, 2.75) is 0 Å². The lowest BCUT2D eigenvalue weighted by atomic mass is 10.3. The van der Waals surface area contributed by atoms with Crippen LogP contribution in [0.2, 0.25) is 0 Å². The second kappa shape index (κ2) is 4.44. The van der Waals surface area contributed by atoms with E-state index in [4.69, 9.17) is 11.6 Å². The molecule has 1 rings (SSSR count). The van der Waals surface area contributed by atoms with Crippen LogP contribution in [0.4, 0.5) is 5.69 Å². The summed E-state index contributed by atoms with van der Waals surface area (Å²) in [4.78, 5) is 10.8. The quantitative estimate of drug-likeness (QED) is 0.426. The van der Waals surface area contributed by atoms with Gasteiger partial charge in [-0.1, -0.05) is 18.2 Å². The summed E-state index contributed by atoms with van der Waals surface area (Å²) in [5, 5.41) is 1.13. The molecule has 0 atom stereocenters. The Morgan fingerprint density at radius 1 is 1.38 bits per heavy atom. The summed E-state index contributed by atoms with van der Waals surface area (Å²) in [6.45, 7) is -0.0828. The van der Waals surface area contributed by atoms with E-state index in [2.05, 4.69) is 5.43 Å². The molecule has 0 heterocycles. The van der Waals surface area contributed by atoms with E-state index in [1.165, 1.54) is 0 Å². The minimum absolute atomic E-state index is 0.0828. The highest BCUT2D eigenvalue weighted by Gasteiger charge is 2.02. The van der Waals surface area contributed by atoms with Gasteiger partial charge in [-0.25, -0.2) is 11.0 Å². The first-order chi connectivity index (χ1) is 6.24. The molecule has 5 N–H and O–H groups in total. The standard InChI is InChI=1S/C8H12N4O/c9-6-8(13)11-12(10)7-4-2-1-3-5-7/h1-5H,6,9-10H2,(H,11,13). The normalized spacial score (nSPS) is 9.38. The molecule has 0 aliphatic carbocycles. The molecule has 0 aliphatic rings. The topological polar surface area (TPSA) is 84.4 Å². The maximum atomic E-state index is 10.8. The summed E-state index contributed by atoms with van der Waals surface area (Å²) >= 11 is 0. The van der Waals surface area contributed by atoms with Gasteiger partial charge in [-0.05, 0) is 12.1 Å². The van der Waals surface area contributed by atoms with Crippen LogP contribution in [-0.2, 0) is 4.79 Å². The number of carbonyl (C=O) groups excluding carboxylic acids is 1. The smallest absolute Gasteiger partial charge is 0.253 e. The van der Waals surface area contributed by atoms with Crippen molar-refractivity contribution in [1.82, 2.24) is 5.43 Å². The molecule has 0 saturated carbocycles. The highest BCUT2D eigenvalue weighted by atomic mass is 16.2. The van der Waals surface area contributed by atoms with Gasteiger partial charge in [0.2, 0.25) is 0 Å². The number of nitrogens with zero attached hydrogens (tertiary/aromatic N) is 1. The molecule has 0 saturated heterocycles. The van der Waals surface area contributed by atoms with E-state index in [9.17, 15) is 4.79 Å². The van der Waals surface area contributed by atoms with Crippen LogP contribution in [0.15, 0.2) is 30.3 Å². The molecule has 5 heteroatoms. The molecule has 1 aromatic rings. The first kappa shape index (κ1) is 9.50. The van der Waals surface area contributed by atoms with Crippen LogP contribution in [0.1, 0.15) is 0 Å². The predicted octanol–water partition coefficient (Wildman–Crippen LogP) is -0.643. The van der Waals surface area contributed by atoms with Gasteiger partial charge in [0.25, 0.3) is 5.91 Å². The number of benzene rings is 1. The van der Waals surface area contributed by atoms with Gasteiger partial charge in [-0.3, -0.25) is 10.2 Å². The minimum atomic E-state index is -0.327. The van der Waals surface area contributed by atoms with Crippen molar-refractivity contribution in [2.75, 3.05) is 11.7 Å². The molecule has 13 heavy (non-hydrogen) atoms. The third kappa shape index (κ3) is 2.73. The van der Waals surface area contributed by atoms with Crippen LogP contribution >= 0.6 is 0 Å². The lowest BCUT2D eigenvalue weighted by Crippen LogP contribution is -2.49. The molecule has 70 valence electrons. The molecule has 1 amide bonds.